The Morgan fingerprint density at radius 3 is 2.37 bits per heavy atom. The molecule has 4 rings (SSSR count). The summed E-state index contributed by atoms with van der Waals surface area (Å²) in [4.78, 5) is 36.5. The van der Waals surface area contributed by atoms with Gasteiger partial charge in [-0.2, -0.15) is 0 Å². The molecule has 0 aliphatic carbocycles. The first-order valence-corrected chi connectivity index (χ1v) is 15.6. The second-order valence-electron chi connectivity index (χ2n) is 8.91. The number of nitrogens with zero attached hydrogens (tertiary/aromatic N) is 1. The van der Waals surface area contributed by atoms with Gasteiger partial charge in [-0.25, -0.2) is 13.1 Å². The van der Waals surface area contributed by atoms with Gasteiger partial charge in [-0.05, 0) is 72.3 Å². The van der Waals surface area contributed by atoms with Gasteiger partial charge in [0, 0.05) is 45.6 Å². The van der Waals surface area contributed by atoms with Crippen molar-refractivity contribution in [2.45, 2.75) is 9.79 Å². The molecular weight excluding hydrogens is 612 g/mol. The lowest BCUT2D eigenvalue weighted by Gasteiger charge is -2.11. The maximum absolute atomic E-state index is 12.9. The second kappa shape index (κ2) is 14.5. The number of nitrogens with one attached hydrogen (secondary N) is 3. The summed E-state index contributed by atoms with van der Waals surface area (Å²) in [5.74, 6) is -0.741. The topological polar surface area (TPSA) is 148 Å². The van der Waals surface area contributed by atoms with E-state index in [9.17, 15) is 28.1 Å². The highest BCUT2D eigenvalue weighted by Gasteiger charge is 2.24. The van der Waals surface area contributed by atoms with Crippen molar-refractivity contribution in [3.05, 3.63) is 129 Å². The molecule has 0 saturated carbocycles. The van der Waals surface area contributed by atoms with Crippen LogP contribution in [0.3, 0.4) is 0 Å². The van der Waals surface area contributed by atoms with Gasteiger partial charge in [0.05, 0.1) is 9.82 Å². The van der Waals surface area contributed by atoms with Gasteiger partial charge in [0.25, 0.3) is 21.6 Å². The first-order chi connectivity index (χ1) is 20.6. The first-order valence-electron chi connectivity index (χ1n) is 12.7. The van der Waals surface area contributed by atoms with Crippen LogP contribution in [0.2, 0.25) is 5.02 Å². The Hall–Kier alpha value is -4.65. The quantitative estimate of drug-likeness (QED) is 0.0546. The minimum atomic E-state index is -4.43. The van der Waals surface area contributed by atoms with E-state index in [1.165, 1.54) is 42.5 Å². The number of carbonyl (C=O) groups is 2. The molecule has 0 aliphatic heterocycles. The van der Waals surface area contributed by atoms with E-state index in [4.69, 9.17) is 11.6 Å². The zero-order chi connectivity index (χ0) is 30.8. The third-order valence-corrected chi connectivity index (χ3v) is 8.40. The molecule has 0 radical (unpaired) electrons. The van der Waals surface area contributed by atoms with Gasteiger partial charge in [0.15, 0.2) is 0 Å². The average Bonchev–Trinajstić information content (AvgIpc) is 2.99. The van der Waals surface area contributed by atoms with Crippen molar-refractivity contribution in [1.82, 2.24) is 4.72 Å². The summed E-state index contributed by atoms with van der Waals surface area (Å²) in [6, 6.07) is 25.5. The maximum Gasteiger partial charge on any atom is 0.293 e. The van der Waals surface area contributed by atoms with Crippen LogP contribution in [0.5, 0.6) is 0 Å². The van der Waals surface area contributed by atoms with Crippen molar-refractivity contribution >= 4 is 68.3 Å². The summed E-state index contributed by atoms with van der Waals surface area (Å²) in [5, 5.41) is 17.8. The van der Waals surface area contributed by atoms with Gasteiger partial charge in [0.2, 0.25) is 5.91 Å². The molecule has 3 N–H and O–H groups in total. The SMILES string of the molecule is O=C(/C=C/c1cccc(Cl)c1)Nc1ccc(C(=O)NS(=O)(=O)c2ccc(NCCSc3ccccc3)c([N+](=O)[O-])c2)cc1. The number of halogens is 1. The predicted molar refractivity (Wildman–Crippen MR) is 169 cm³/mol. The first kappa shape index (κ1) is 31.3. The van der Waals surface area contributed by atoms with Crippen LogP contribution in [0.25, 0.3) is 6.08 Å². The van der Waals surface area contributed by atoms with E-state index in [1.54, 1.807) is 42.1 Å². The van der Waals surface area contributed by atoms with Crippen LogP contribution >= 0.6 is 23.4 Å². The highest BCUT2D eigenvalue weighted by atomic mass is 35.5. The molecule has 4 aromatic rings. The second-order valence-corrected chi connectivity index (χ2v) is 12.2. The van der Waals surface area contributed by atoms with Gasteiger partial charge in [0.1, 0.15) is 5.69 Å². The van der Waals surface area contributed by atoms with E-state index >= 15 is 0 Å². The number of thioether (sulfide) groups is 1. The number of nitro groups is 1. The zero-order valence-electron chi connectivity index (χ0n) is 22.4. The molecule has 0 aromatic heterocycles. The molecule has 0 unspecified atom stereocenters. The van der Waals surface area contributed by atoms with Crippen molar-refractivity contribution in [3.63, 3.8) is 0 Å². The Morgan fingerprint density at radius 1 is 0.930 bits per heavy atom. The largest absolute Gasteiger partial charge is 0.379 e. The summed E-state index contributed by atoms with van der Waals surface area (Å²) >= 11 is 7.50. The number of rotatable bonds is 12. The number of sulfonamides is 1. The molecule has 0 bridgehead atoms. The molecule has 4 aromatic carbocycles. The van der Waals surface area contributed by atoms with Crippen molar-refractivity contribution < 1.29 is 22.9 Å². The molecule has 0 saturated heterocycles. The van der Waals surface area contributed by atoms with Crippen molar-refractivity contribution in [1.29, 1.82) is 0 Å². The minimum Gasteiger partial charge on any atom is -0.379 e. The smallest absolute Gasteiger partial charge is 0.293 e. The third kappa shape index (κ3) is 9.17. The number of amides is 2. The van der Waals surface area contributed by atoms with Gasteiger partial charge in [-0.3, -0.25) is 19.7 Å². The van der Waals surface area contributed by atoms with E-state index in [0.717, 1.165) is 16.5 Å². The van der Waals surface area contributed by atoms with Crippen molar-refractivity contribution in [2.24, 2.45) is 0 Å². The van der Waals surface area contributed by atoms with Crippen LogP contribution in [-0.4, -0.2) is 37.5 Å². The van der Waals surface area contributed by atoms with Crippen LogP contribution in [0.15, 0.2) is 113 Å². The normalized spacial score (nSPS) is 11.2. The van der Waals surface area contributed by atoms with Crippen molar-refractivity contribution in [2.75, 3.05) is 22.9 Å². The number of hydrogen-bond acceptors (Lipinski definition) is 8. The van der Waals surface area contributed by atoms with Gasteiger partial charge >= 0.3 is 0 Å². The van der Waals surface area contributed by atoms with Crippen LogP contribution < -0.4 is 15.4 Å². The number of anilines is 2. The number of carbonyl (C=O) groups excluding carboxylic acids is 2. The molecule has 10 nitrogen and oxygen atoms in total. The van der Waals surface area contributed by atoms with Crippen LogP contribution in [-0.2, 0) is 14.8 Å². The summed E-state index contributed by atoms with van der Waals surface area (Å²) in [6.45, 7) is 0.401. The van der Waals surface area contributed by atoms with Gasteiger partial charge in [-0.15, -0.1) is 11.8 Å². The van der Waals surface area contributed by atoms with Gasteiger partial charge in [-0.1, -0.05) is 41.9 Å². The lowest BCUT2D eigenvalue weighted by atomic mass is 10.2. The molecule has 2 amide bonds. The fraction of sp³-hybridized carbons (Fsp3) is 0.0667. The fourth-order valence-electron chi connectivity index (χ4n) is 3.76. The Morgan fingerprint density at radius 2 is 1.67 bits per heavy atom. The molecule has 0 heterocycles. The van der Waals surface area contributed by atoms with E-state index in [2.05, 4.69) is 10.6 Å². The number of benzene rings is 4. The van der Waals surface area contributed by atoms with E-state index in [-0.39, 0.29) is 11.3 Å². The Bertz CT molecular complexity index is 1770. The lowest BCUT2D eigenvalue weighted by molar-refractivity contribution is -0.384. The molecular formula is C30H25ClN4O6S2. The monoisotopic (exact) mass is 636 g/mol. The molecule has 0 spiro atoms. The molecule has 0 atom stereocenters. The highest BCUT2D eigenvalue weighted by molar-refractivity contribution is 7.99. The average molecular weight is 637 g/mol. The van der Waals surface area contributed by atoms with E-state index in [1.807, 2.05) is 35.1 Å². The van der Waals surface area contributed by atoms with Crippen LogP contribution in [0.1, 0.15) is 15.9 Å². The summed E-state index contributed by atoms with van der Waals surface area (Å²) in [6.07, 6.45) is 2.91. The highest BCUT2D eigenvalue weighted by Crippen LogP contribution is 2.28. The molecule has 13 heteroatoms. The fourth-order valence-corrected chi connectivity index (χ4v) is 5.74. The summed E-state index contributed by atoms with van der Waals surface area (Å²) in [7, 11) is -4.43. The van der Waals surface area contributed by atoms with E-state index < -0.39 is 37.3 Å². The molecule has 220 valence electrons. The van der Waals surface area contributed by atoms with Crippen LogP contribution in [0, 0.1) is 10.1 Å². The van der Waals surface area contributed by atoms with Crippen molar-refractivity contribution in [3.8, 4) is 0 Å². The standard InChI is InChI=1S/C30H25ClN4O6S2/c31-23-6-4-5-21(19-23)9-16-29(36)33-24-12-10-22(11-13-24)30(37)34-43(40,41)26-14-15-27(28(20-26)35(38)39)32-17-18-42-25-7-2-1-3-8-25/h1-16,19-20,32H,17-18H2,(H,33,36)(H,34,37)/b16-9+. The Balaban J connectivity index is 1.35. The third-order valence-electron chi connectivity index (χ3n) is 5.82. The number of nitro benzene ring substituents is 1. The Kier molecular flexibility index (Phi) is 10.5. The maximum atomic E-state index is 12.9. The summed E-state index contributed by atoms with van der Waals surface area (Å²) in [5.41, 5.74) is 0.833. The predicted octanol–water partition coefficient (Wildman–Crippen LogP) is 6.22. The molecule has 43 heavy (non-hydrogen) atoms. The lowest BCUT2D eigenvalue weighted by Crippen LogP contribution is -2.30. The van der Waals surface area contributed by atoms with E-state index in [0.29, 0.717) is 23.0 Å². The van der Waals surface area contributed by atoms with Crippen LogP contribution in [0.4, 0.5) is 17.1 Å². The summed E-state index contributed by atoms with van der Waals surface area (Å²) < 4.78 is 27.7. The Labute approximate surface area is 257 Å². The minimum absolute atomic E-state index is 0.000235. The zero-order valence-corrected chi connectivity index (χ0v) is 24.8. The number of hydrogen-bond donors (Lipinski definition) is 3. The molecule has 0 aliphatic rings. The van der Waals surface area contributed by atoms with Gasteiger partial charge < -0.3 is 10.6 Å². The molecule has 0 fully saturated rings.